The minimum atomic E-state index is 0.120. The molecule has 0 aromatic carbocycles. The van der Waals surface area contributed by atoms with Crippen LogP contribution in [0, 0.1) is 0 Å². The van der Waals surface area contributed by atoms with Crippen molar-refractivity contribution in [2.75, 3.05) is 6.54 Å². The zero-order valence-corrected chi connectivity index (χ0v) is 14.6. The summed E-state index contributed by atoms with van der Waals surface area (Å²) in [4.78, 5) is 16.7. The first-order valence-corrected chi connectivity index (χ1v) is 8.47. The third-order valence-corrected chi connectivity index (χ3v) is 5.84. The summed E-state index contributed by atoms with van der Waals surface area (Å²) in [6, 6.07) is 3.90. The standard InChI is InChI=1S/C15H15Br2N3O/c16-14-11-9-19-7-5-12(11)20(15(14)17)13(21)4-3-10-2-1-6-18-8-10/h1-2,6,8,19H,3-5,7,9H2. The van der Waals surface area contributed by atoms with Gasteiger partial charge in [-0.25, -0.2) is 0 Å². The highest BCUT2D eigenvalue weighted by molar-refractivity contribution is 9.13. The molecule has 4 nitrogen and oxygen atoms in total. The van der Waals surface area contributed by atoms with Crippen LogP contribution in [0.5, 0.6) is 0 Å². The molecule has 1 N–H and O–H groups in total. The van der Waals surface area contributed by atoms with E-state index >= 15 is 0 Å². The number of fused-ring (bicyclic) bond motifs is 1. The predicted molar refractivity (Wildman–Crippen MR) is 88.4 cm³/mol. The van der Waals surface area contributed by atoms with Crippen molar-refractivity contribution in [2.45, 2.75) is 25.8 Å². The first-order valence-electron chi connectivity index (χ1n) is 6.88. The molecule has 0 aliphatic carbocycles. The van der Waals surface area contributed by atoms with E-state index < -0.39 is 0 Å². The van der Waals surface area contributed by atoms with Crippen molar-refractivity contribution in [1.82, 2.24) is 14.9 Å². The molecular formula is C15H15Br2N3O. The van der Waals surface area contributed by atoms with Crippen molar-refractivity contribution in [1.29, 1.82) is 0 Å². The lowest BCUT2D eigenvalue weighted by Crippen LogP contribution is -2.26. The monoisotopic (exact) mass is 411 g/mol. The third-order valence-electron chi connectivity index (χ3n) is 3.70. The summed E-state index contributed by atoms with van der Waals surface area (Å²) in [7, 11) is 0. The number of nitrogens with one attached hydrogen (secondary N) is 1. The van der Waals surface area contributed by atoms with Gasteiger partial charge in [0.15, 0.2) is 0 Å². The molecular weight excluding hydrogens is 398 g/mol. The van der Waals surface area contributed by atoms with Gasteiger partial charge in [0.1, 0.15) is 4.60 Å². The Morgan fingerprint density at radius 1 is 1.43 bits per heavy atom. The number of nitrogens with zero attached hydrogens (tertiary/aromatic N) is 2. The maximum absolute atomic E-state index is 12.6. The van der Waals surface area contributed by atoms with Gasteiger partial charge >= 0.3 is 0 Å². The van der Waals surface area contributed by atoms with Crippen LogP contribution >= 0.6 is 31.9 Å². The Bertz CT molecular complexity index is 667. The minimum absolute atomic E-state index is 0.120. The van der Waals surface area contributed by atoms with Crippen LogP contribution in [0.15, 0.2) is 33.6 Å². The first-order chi connectivity index (χ1) is 10.2. The van der Waals surface area contributed by atoms with Crippen LogP contribution in [0.2, 0.25) is 0 Å². The number of aromatic nitrogens is 2. The second kappa shape index (κ2) is 6.42. The topological polar surface area (TPSA) is 46.9 Å². The average molecular weight is 413 g/mol. The van der Waals surface area contributed by atoms with E-state index in [2.05, 4.69) is 42.2 Å². The van der Waals surface area contributed by atoms with Gasteiger partial charge in [-0.1, -0.05) is 6.07 Å². The summed E-state index contributed by atoms with van der Waals surface area (Å²) >= 11 is 7.12. The van der Waals surface area contributed by atoms with Gasteiger partial charge in [0.05, 0.1) is 4.47 Å². The molecule has 2 aromatic rings. The molecule has 21 heavy (non-hydrogen) atoms. The smallest absolute Gasteiger partial charge is 0.232 e. The predicted octanol–water partition coefficient (Wildman–Crippen LogP) is 3.33. The fourth-order valence-electron chi connectivity index (χ4n) is 2.63. The molecule has 1 aliphatic heterocycles. The number of rotatable bonds is 3. The van der Waals surface area contributed by atoms with Gasteiger partial charge in [-0.15, -0.1) is 0 Å². The lowest BCUT2D eigenvalue weighted by atomic mass is 10.1. The van der Waals surface area contributed by atoms with Crippen molar-refractivity contribution in [3.63, 3.8) is 0 Å². The number of hydrogen-bond donors (Lipinski definition) is 1. The average Bonchev–Trinajstić information content (AvgIpc) is 2.78. The summed E-state index contributed by atoms with van der Waals surface area (Å²) in [6.07, 6.45) is 5.62. The molecule has 0 saturated heterocycles. The van der Waals surface area contributed by atoms with Gasteiger partial charge < -0.3 is 5.32 Å². The van der Waals surface area contributed by atoms with Gasteiger partial charge in [0, 0.05) is 49.6 Å². The number of aryl methyl sites for hydroxylation is 1. The second-order valence-electron chi connectivity index (χ2n) is 5.05. The third kappa shape index (κ3) is 2.98. The summed E-state index contributed by atoms with van der Waals surface area (Å²) in [5.74, 6) is 0.120. The Morgan fingerprint density at radius 2 is 2.29 bits per heavy atom. The van der Waals surface area contributed by atoms with Crippen molar-refractivity contribution >= 4 is 37.8 Å². The van der Waals surface area contributed by atoms with Gasteiger partial charge in [-0.2, -0.15) is 0 Å². The van der Waals surface area contributed by atoms with Gasteiger partial charge in [-0.3, -0.25) is 14.3 Å². The van der Waals surface area contributed by atoms with Crippen molar-refractivity contribution in [3.05, 3.63) is 50.4 Å². The number of pyridine rings is 1. The Kier molecular flexibility index (Phi) is 4.57. The van der Waals surface area contributed by atoms with Crippen LogP contribution < -0.4 is 5.32 Å². The molecule has 0 atom stereocenters. The first kappa shape index (κ1) is 14.9. The largest absolute Gasteiger partial charge is 0.312 e. The Labute approximate surface area is 140 Å². The fraction of sp³-hybridized carbons (Fsp3) is 0.333. The van der Waals surface area contributed by atoms with E-state index in [1.165, 1.54) is 5.56 Å². The normalized spacial score (nSPS) is 14.0. The highest BCUT2D eigenvalue weighted by Crippen LogP contribution is 2.34. The van der Waals surface area contributed by atoms with Gasteiger partial charge in [0.25, 0.3) is 0 Å². The lowest BCUT2D eigenvalue weighted by molar-refractivity contribution is 0.0897. The van der Waals surface area contributed by atoms with E-state index in [0.29, 0.717) is 12.8 Å². The van der Waals surface area contributed by atoms with Crippen molar-refractivity contribution in [2.24, 2.45) is 0 Å². The zero-order chi connectivity index (χ0) is 14.8. The lowest BCUT2D eigenvalue weighted by Gasteiger charge is -2.16. The summed E-state index contributed by atoms with van der Waals surface area (Å²) in [5.41, 5.74) is 3.38. The summed E-state index contributed by atoms with van der Waals surface area (Å²) in [6.45, 7) is 1.71. The van der Waals surface area contributed by atoms with E-state index in [0.717, 1.165) is 39.8 Å². The molecule has 3 rings (SSSR count). The van der Waals surface area contributed by atoms with Crippen LogP contribution in [0.1, 0.15) is 28.0 Å². The highest BCUT2D eigenvalue weighted by atomic mass is 79.9. The minimum Gasteiger partial charge on any atom is -0.312 e. The van der Waals surface area contributed by atoms with E-state index in [1.54, 1.807) is 6.20 Å². The zero-order valence-electron chi connectivity index (χ0n) is 11.4. The molecule has 0 saturated carbocycles. The Balaban J connectivity index is 1.82. The number of carbonyl (C=O) groups is 1. The molecule has 110 valence electrons. The number of halogens is 2. The van der Waals surface area contributed by atoms with Crippen LogP contribution in [0.25, 0.3) is 0 Å². The molecule has 1 aliphatic rings. The molecule has 2 aromatic heterocycles. The van der Waals surface area contributed by atoms with Crippen LogP contribution in [0.4, 0.5) is 0 Å². The van der Waals surface area contributed by atoms with Crippen LogP contribution in [-0.2, 0) is 19.4 Å². The van der Waals surface area contributed by atoms with Crippen molar-refractivity contribution in [3.8, 4) is 0 Å². The second-order valence-corrected chi connectivity index (χ2v) is 6.59. The highest BCUT2D eigenvalue weighted by Gasteiger charge is 2.25. The maximum Gasteiger partial charge on any atom is 0.232 e. The van der Waals surface area contributed by atoms with Crippen molar-refractivity contribution < 1.29 is 4.79 Å². The molecule has 0 fully saturated rings. The van der Waals surface area contributed by atoms with E-state index in [-0.39, 0.29) is 5.91 Å². The van der Waals surface area contributed by atoms with Crippen LogP contribution in [-0.4, -0.2) is 22.0 Å². The SMILES string of the molecule is O=C(CCc1cccnc1)n1c(Br)c(Br)c2c1CCNC2. The molecule has 0 spiro atoms. The van der Waals surface area contributed by atoms with Gasteiger partial charge in [-0.05, 0) is 49.9 Å². The van der Waals surface area contributed by atoms with E-state index in [9.17, 15) is 4.79 Å². The quantitative estimate of drug-likeness (QED) is 0.840. The van der Waals surface area contributed by atoms with E-state index in [4.69, 9.17) is 0 Å². The Hall–Kier alpha value is -0.980. The molecule has 6 heteroatoms. The maximum atomic E-state index is 12.6. The summed E-state index contributed by atoms with van der Waals surface area (Å²) in [5, 5.41) is 3.34. The number of carbonyl (C=O) groups excluding carboxylic acids is 1. The summed E-state index contributed by atoms with van der Waals surface area (Å²) < 4.78 is 3.63. The fourth-order valence-corrected chi connectivity index (χ4v) is 3.83. The Morgan fingerprint density at radius 3 is 3.05 bits per heavy atom. The molecule has 0 unspecified atom stereocenters. The molecule has 0 amide bonds. The molecule has 0 bridgehead atoms. The van der Waals surface area contributed by atoms with Gasteiger partial charge in [0.2, 0.25) is 5.91 Å². The molecule has 3 heterocycles. The molecule has 0 radical (unpaired) electrons. The van der Waals surface area contributed by atoms with Crippen LogP contribution in [0.3, 0.4) is 0 Å². The number of hydrogen-bond acceptors (Lipinski definition) is 3. The van der Waals surface area contributed by atoms with E-state index in [1.807, 2.05) is 22.9 Å².